The molecule has 4 nitrogen and oxygen atoms in total. The molecular formula is C17H38N4+2. The summed E-state index contributed by atoms with van der Waals surface area (Å²) in [5.74, 6) is 0.0243. The molecule has 2 saturated heterocycles. The van der Waals surface area contributed by atoms with Gasteiger partial charge < -0.3 is 0 Å². The molecule has 1 atom stereocenters. The van der Waals surface area contributed by atoms with Crippen molar-refractivity contribution in [3.8, 4) is 0 Å². The maximum absolute atomic E-state index is 2.78. The van der Waals surface area contributed by atoms with Gasteiger partial charge in [-0.15, -0.1) is 0 Å². The van der Waals surface area contributed by atoms with Crippen LogP contribution in [0.1, 0.15) is 41.5 Å². The molecule has 2 aliphatic heterocycles. The highest BCUT2D eigenvalue weighted by Crippen LogP contribution is 2.54. The van der Waals surface area contributed by atoms with Crippen LogP contribution in [-0.2, 0) is 0 Å². The summed E-state index contributed by atoms with van der Waals surface area (Å²) in [6.45, 7) is 18.9. The predicted octanol–water partition coefficient (Wildman–Crippen LogP) is 1.98. The van der Waals surface area contributed by atoms with Crippen LogP contribution >= 0.6 is 0 Å². The lowest BCUT2D eigenvalue weighted by Crippen LogP contribution is -2.81. The summed E-state index contributed by atoms with van der Waals surface area (Å²) in [5.41, 5.74) is 0.473. The summed E-state index contributed by atoms with van der Waals surface area (Å²) in [6, 6.07) is 0. The van der Waals surface area contributed by atoms with Gasteiger partial charge in [0, 0.05) is 13.1 Å². The van der Waals surface area contributed by atoms with Crippen molar-refractivity contribution in [3.63, 3.8) is 0 Å². The second-order valence-corrected chi connectivity index (χ2v) is 9.28. The molecule has 0 aromatic carbocycles. The molecule has 124 valence electrons. The first kappa shape index (κ1) is 17.2. The van der Waals surface area contributed by atoms with Crippen LogP contribution in [-0.4, -0.2) is 90.1 Å². The zero-order valence-corrected chi connectivity index (χ0v) is 16.1. The molecule has 0 aliphatic carbocycles. The first-order chi connectivity index (χ1) is 9.32. The van der Waals surface area contributed by atoms with E-state index in [4.69, 9.17) is 0 Å². The van der Waals surface area contributed by atoms with Crippen LogP contribution in [0.3, 0.4) is 0 Å². The molecule has 0 amide bonds. The van der Waals surface area contributed by atoms with Crippen molar-refractivity contribution in [2.75, 3.05) is 54.4 Å². The van der Waals surface area contributed by atoms with Crippen LogP contribution in [0.15, 0.2) is 0 Å². The van der Waals surface area contributed by atoms with Gasteiger partial charge in [0.1, 0.15) is 12.1 Å². The van der Waals surface area contributed by atoms with Gasteiger partial charge in [0.25, 0.3) is 0 Å². The molecule has 0 aromatic rings. The number of nitrogens with zero attached hydrogens (tertiary/aromatic N) is 4. The Morgan fingerprint density at radius 3 is 1.86 bits per heavy atom. The van der Waals surface area contributed by atoms with Gasteiger partial charge in [-0.25, -0.2) is 8.97 Å². The van der Waals surface area contributed by atoms with Crippen molar-refractivity contribution in [3.05, 3.63) is 0 Å². The number of rotatable bonds is 2. The fourth-order valence-electron chi connectivity index (χ4n) is 5.90. The van der Waals surface area contributed by atoms with Crippen molar-refractivity contribution in [1.82, 2.24) is 9.80 Å². The Morgan fingerprint density at radius 1 is 0.905 bits per heavy atom. The molecule has 1 unspecified atom stereocenters. The van der Waals surface area contributed by atoms with E-state index in [9.17, 15) is 0 Å². The molecule has 2 rings (SSSR count). The van der Waals surface area contributed by atoms with Crippen LogP contribution in [0.2, 0.25) is 0 Å². The third-order valence-electron chi connectivity index (χ3n) is 6.65. The van der Waals surface area contributed by atoms with Crippen LogP contribution in [0.5, 0.6) is 0 Å². The van der Waals surface area contributed by atoms with Crippen molar-refractivity contribution >= 4 is 0 Å². The van der Waals surface area contributed by atoms with Crippen LogP contribution < -0.4 is 0 Å². The molecule has 0 radical (unpaired) electrons. The minimum Gasteiger partial charge on any atom is -0.246 e. The van der Waals surface area contributed by atoms with Crippen molar-refractivity contribution in [1.29, 1.82) is 0 Å². The van der Waals surface area contributed by atoms with E-state index in [-0.39, 0.29) is 17.0 Å². The van der Waals surface area contributed by atoms with Crippen molar-refractivity contribution < 1.29 is 8.97 Å². The van der Waals surface area contributed by atoms with E-state index in [1.165, 1.54) is 6.54 Å². The van der Waals surface area contributed by atoms with Gasteiger partial charge in [0.2, 0.25) is 0 Å². The molecule has 0 bridgehead atoms. The van der Waals surface area contributed by atoms with E-state index in [0.29, 0.717) is 0 Å². The summed E-state index contributed by atoms with van der Waals surface area (Å²) in [5, 5.41) is 0. The highest BCUT2D eigenvalue weighted by Gasteiger charge is 2.80. The van der Waals surface area contributed by atoms with Gasteiger partial charge in [0.05, 0.1) is 40.3 Å². The third kappa shape index (κ3) is 1.76. The fourth-order valence-corrected chi connectivity index (χ4v) is 5.90. The Kier molecular flexibility index (Phi) is 3.63. The summed E-state index contributed by atoms with van der Waals surface area (Å²) >= 11 is 0. The molecule has 2 heterocycles. The number of hydrogen-bond acceptors (Lipinski definition) is 2. The SMILES string of the molecule is CCN1CC(C)(C)[N+](C)(C)C12N(CC)C(C)(C)C[N+]2(C)C. The lowest BCUT2D eigenvalue weighted by atomic mass is 10.0. The standard InChI is InChI=1S/C17H38N4/c1-11-18-13-16(5,6)21(9,10)17(18)19(12-2)15(3,4)14-20(17,7)8/h11-14H2,1-10H3/q+2. The maximum atomic E-state index is 2.78. The van der Waals surface area contributed by atoms with Gasteiger partial charge in [-0.05, 0) is 27.7 Å². The third-order valence-corrected chi connectivity index (χ3v) is 6.65. The van der Waals surface area contributed by atoms with Crippen LogP contribution in [0.4, 0.5) is 0 Å². The smallest absolute Gasteiger partial charge is 0.246 e. The second kappa shape index (κ2) is 4.44. The van der Waals surface area contributed by atoms with Crippen molar-refractivity contribution in [2.24, 2.45) is 0 Å². The predicted molar refractivity (Wildman–Crippen MR) is 89.6 cm³/mol. The molecule has 2 aliphatic rings. The van der Waals surface area contributed by atoms with E-state index in [1.54, 1.807) is 0 Å². The van der Waals surface area contributed by atoms with E-state index < -0.39 is 0 Å². The van der Waals surface area contributed by atoms with Gasteiger partial charge in [-0.3, -0.25) is 0 Å². The average Bonchev–Trinajstić information content (AvgIpc) is 2.56. The zero-order chi connectivity index (χ0) is 16.5. The first-order valence-corrected chi connectivity index (χ1v) is 8.52. The van der Waals surface area contributed by atoms with E-state index >= 15 is 0 Å². The van der Waals surface area contributed by atoms with Gasteiger partial charge in [0.15, 0.2) is 0 Å². The Bertz CT molecular complexity index is 425. The molecule has 4 heteroatoms. The molecule has 0 N–H and O–H groups in total. The number of hydrogen-bond donors (Lipinski definition) is 0. The quantitative estimate of drug-likeness (QED) is 0.719. The minimum atomic E-state index is 0.0243. The van der Waals surface area contributed by atoms with Gasteiger partial charge in [-0.2, -0.15) is 9.80 Å². The van der Waals surface area contributed by atoms with E-state index in [1.807, 2.05) is 0 Å². The molecule has 1 spiro atoms. The number of likely N-dealkylation sites (N-methyl/N-ethyl adjacent to an activating group) is 4. The molecule has 0 aromatic heterocycles. The Balaban J connectivity index is 2.76. The van der Waals surface area contributed by atoms with Gasteiger partial charge >= 0.3 is 5.91 Å². The Hall–Kier alpha value is -0.160. The Labute approximate surface area is 132 Å². The lowest BCUT2D eigenvalue weighted by molar-refractivity contribution is -1.16. The minimum absolute atomic E-state index is 0.0243. The lowest BCUT2D eigenvalue weighted by Gasteiger charge is -2.56. The highest BCUT2D eigenvalue weighted by atomic mass is 15.9. The fraction of sp³-hybridized carbons (Fsp3) is 1.00. The number of quaternary nitrogens is 2. The summed E-state index contributed by atoms with van der Waals surface area (Å²) in [4.78, 5) is 5.52. The molecule has 21 heavy (non-hydrogen) atoms. The Morgan fingerprint density at radius 2 is 1.43 bits per heavy atom. The average molecular weight is 299 g/mol. The normalized spacial score (nSPS) is 37.4. The summed E-state index contributed by atoms with van der Waals surface area (Å²) < 4.78 is 2.07. The topological polar surface area (TPSA) is 6.48 Å². The maximum Gasteiger partial charge on any atom is 0.356 e. The van der Waals surface area contributed by atoms with Crippen molar-refractivity contribution in [2.45, 2.75) is 58.5 Å². The van der Waals surface area contributed by atoms with Crippen LogP contribution in [0.25, 0.3) is 0 Å². The molecular weight excluding hydrogens is 260 g/mol. The molecule has 0 saturated carbocycles. The molecule has 2 fully saturated rings. The summed E-state index contributed by atoms with van der Waals surface area (Å²) in [7, 11) is 9.75. The highest BCUT2D eigenvalue weighted by molar-refractivity contribution is 4.99. The second-order valence-electron chi connectivity index (χ2n) is 9.28. The zero-order valence-electron chi connectivity index (χ0n) is 16.1. The van der Waals surface area contributed by atoms with Gasteiger partial charge in [-0.1, -0.05) is 13.8 Å². The summed E-state index contributed by atoms with van der Waals surface area (Å²) in [6.07, 6.45) is 0. The van der Waals surface area contributed by atoms with E-state index in [0.717, 1.165) is 28.6 Å². The first-order valence-electron chi connectivity index (χ1n) is 8.52. The van der Waals surface area contributed by atoms with E-state index in [2.05, 4.69) is 79.5 Å². The largest absolute Gasteiger partial charge is 0.356 e. The van der Waals surface area contributed by atoms with Crippen LogP contribution in [0, 0.1) is 0 Å². The monoisotopic (exact) mass is 298 g/mol.